The van der Waals surface area contributed by atoms with Gasteiger partial charge in [-0.05, 0) is 42.9 Å². The van der Waals surface area contributed by atoms with E-state index in [-0.39, 0.29) is 0 Å². The zero-order valence-corrected chi connectivity index (χ0v) is 8.80. The van der Waals surface area contributed by atoms with Crippen molar-refractivity contribution in [3.63, 3.8) is 0 Å². The van der Waals surface area contributed by atoms with Crippen molar-refractivity contribution in [2.24, 2.45) is 11.8 Å². The molecule has 1 saturated heterocycles. The molecule has 0 radical (unpaired) electrons. The van der Waals surface area contributed by atoms with Crippen molar-refractivity contribution < 1.29 is 0 Å². The molecule has 2 heteroatoms. The van der Waals surface area contributed by atoms with Crippen LogP contribution in [0.3, 0.4) is 0 Å². The molecule has 0 bridgehead atoms. The van der Waals surface area contributed by atoms with Crippen LogP contribution in [0.5, 0.6) is 0 Å². The highest BCUT2D eigenvalue weighted by Gasteiger charge is 2.42. The Labute approximate surface area is 89.5 Å². The fourth-order valence-electron chi connectivity index (χ4n) is 2.52. The molecule has 1 aromatic rings. The predicted molar refractivity (Wildman–Crippen MR) is 58.4 cm³/mol. The van der Waals surface area contributed by atoms with E-state index in [2.05, 4.69) is 17.4 Å². The van der Waals surface area contributed by atoms with Gasteiger partial charge < -0.3 is 5.32 Å². The first-order valence-electron chi connectivity index (χ1n) is 5.32. The van der Waals surface area contributed by atoms with Gasteiger partial charge in [0.05, 0.1) is 0 Å². The van der Waals surface area contributed by atoms with Gasteiger partial charge in [0.25, 0.3) is 0 Å². The molecule has 0 aromatic heterocycles. The maximum Gasteiger partial charge on any atom is 0.0453 e. The van der Waals surface area contributed by atoms with E-state index >= 15 is 0 Å². The topological polar surface area (TPSA) is 12.0 Å². The van der Waals surface area contributed by atoms with Crippen molar-refractivity contribution in [1.29, 1.82) is 0 Å². The first-order valence-corrected chi connectivity index (χ1v) is 5.70. The second kappa shape index (κ2) is 3.25. The number of benzene rings is 1. The lowest BCUT2D eigenvalue weighted by Crippen LogP contribution is -2.28. The Morgan fingerprint density at radius 3 is 2.79 bits per heavy atom. The van der Waals surface area contributed by atoms with Crippen LogP contribution in [-0.4, -0.2) is 6.54 Å². The van der Waals surface area contributed by atoms with Gasteiger partial charge >= 0.3 is 0 Å². The average Bonchev–Trinajstić information content (AvgIpc) is 2.96. The third kappa shape index (κ3) is 1.45. The summed E-state index contributed by atoms with van der Waals surface area (Å²) in [6.07, 6.45) is 2.70. The molecule has 0 amide bonds. The predicted octanol–water partition coefficient (Wildman–Crippen LogP) is 3.01. The van der Waals surface area contributed by atoms with Crippen LogP contribution in [0, 0.1) is 11.8 Å². The minimum atomic E-state index is 0.493. The molecule has 3 atom stereocenters. The van der Waals surface area contributed by atoms with Crippen molar-refractivity contribution in [1.82, 2.24) is 5.32 Å². The van der Waals surface area contributed by atoms with Crippen molar-refractivity contribution >= 4 is 11.6 Å². The van der Waals surface area contributed by atoms with Gasteiger partial charge in [0, 0.05) is 11.1 Å². The number of piperidine rings is 1. The lowest BCUT2D eigenvalue weighted by Gasteiger charge is -2.24. The van der Waals surface area contributed by atoms with E-state index in [1.54, 1.807) is 0 Å². The van der Waals surface area contributed by atoms with Gasteiger partial charge in [-0.15, -0.1) is 0 Å². The van der Waals surface area contributed by atoms with E-state index in [0.29, 0.717) is 6.04 Å². The molecule has 1 aliphatic carbocycles. The average molecular weight is 208 g/mol. The summed E-state index contributed by atoms with van der Waals surface area (Å²) in [7, 11) is 0. The minimum Gasteiger partial charge on any atom is -0.310 e. The molecule has 0 spiro atoms. The molecule has 1 nitrogen and oxygen atoms in total. The molecule has 74 valence electrons. The Morgan fingerprint density at radius 1 is 1.14 bits per heavy atom. The second-order valence-corrected chi connectivity index (χ2v) is 4.88. The maximum absolute atomic E-state index is 6.18. The van der Waals surface area contributed by atoms with Gasteiger partial charge in [-0.25, -0.2) is 0 Å². The van der Waals surface area contributed by atoms with Gasteiger partial charge in [-0.2, -0.15) is 0 Å². The largest absolute Gasteiger partial charge is 0.310 e. The summed E-state index contributed by atoms with van der Waals surface area (Å²) in [4.78, 5) is 0. The summed E-state index contributed by atoms with van der Waals surface area (Å²) in [5, 5.41) is 4.49. The molecule has 1 heterocycles. The standard InChI is InChI=1S/C12H14ClN/c13-11-4-2-1-3-10(11)12-6-8-5-9(8)7-14-12/h1-4,8-9,12,14H,5-7H2. The van der Waals surface area contributed by atoms with E-state index in [1.165, 1.54) is 24.9 Å². The molecule has 1 aromatic carbocycles. The Balaban J connectivity index is 1.84. The highest BCUT2D eigenvalue weighted by atomic mass is 35.5. The van der Waals surface area contributed by atoms with Gasteiger partial charge in [0.1, 0.15) is 0 Å². The summed E-state index contributed by atoms with van der Waals surface area (Å²) in [5.74, 6) is 1.94. The number of fused-ring (bicyclic) bond motifs is 1. The van der Waals surface area contributed by atoms with Crippen LogP contribution in [0.2, 0.25) is 5.02 Å². The van der Waals surface area contributed by atoms with E-state index in [9.17, 15) is 0 Å². The van der Waals surface area contributed by atoms with E-state index < -0.39 is 0 Å². The SMILES string of the molecule is Clc1ccccc1C1CC2CC2CN1. The molecule has 1 aliphatic heterocycles. The third-order valence-electron chi connectivity index (χ3n) is 3.51. The Bertz CT molecular complexity index is 350. The van der Waals surface area contributed by atoms with Crippen LogP contribution in [0.1, 0.15) is 24.4 Å². The second-order valence-electron chi connectivity index (χ2n) is 4.47. The van der Waals surface area contributed by atoms with Crippen LogP contribution < -0.4 is 5.32 Å². The molecule has 14 heavy (non-hydrogen) atoms. The smallest absolute Gasteiger partial charge is 0.0453 e. The maximum atomic E-state index is 6.18. The zero-order valence-electron chi connectivity index (χ0n) is 8.04. The van der Waals surface area contributed by atoms with Crippen LogP contribution in [-0.2, 0) is 0 Å². The lowest BCUT2D eigenvalue weighted by molar-refractivity contribution is 0.395. The van der Waals surface area contributed by atoms with E-state index in [1.807, 2.05) is 12.1 Å². The minimum absolute atomic E-state index is 0.493. The number of rotatable bonds is 1. The highest BCUT2D eigenvalue weighted by molar-refractivity contribution is 6.31. The Hall–Kier alpha value is -0.530. The monoisotopic (exact) mass is 207 g/mol. The van der Waals surface area contributed by atoms with Crippen LogP contribution in [0.25, 0.3) is 0 Å². The summed E-state index contributed by atoms with van der Waals surface area (Å²) in [6.45, 7) is 1.18. The van der Waals surface area contributed by atoms with E-state index in [4.69, 9.17) is 11.6 Å². The third-order valence-corrected chi connectivity index (χ3v) is 3.86. The van der Waals surface area contributed by atoms with E-state index in [0.717, 1.165) is 16.9 Å². The molecule has 2 fully saturated rings. The normalized spacial score (nSPS) is 35.1. The van der Waals surface area contributed by atoms with Crippen molar-refractivity contribution in [2.45, 2.75) is 18.9 Å². The lowest BCUT2D eigenvalue weighted by atomic mass is 9.97. The van der Waals surface area contributed by atoms with Gasteiger partial charge in [-0.1, -0.05) is 29.8 Å². The summed E-state index contributed by atoms with van der Waals surface area (Å²) >= 11 is 6.18. The number of nitrogens with one attached hydrogen (secondary N) is 1. The van der Waals surface area contributed by atoms with Crippen LogP contribution in [0.4, 0.5) is 0 Å². The summed E-state index contributed by atoms with van der Waals surface area (Å²) in [6, 6.07) is 8.68. The fourth-order valence-corrected chi connectivity index (χ4v) is 2.79. The van der Waals surface area contributed by atoms with Crippen LogP contribution >= 0.6 is 11.6 Å². The summed E-state index contributed by atoms with van der Waals surface area (Å²) < 4.78 is 0. The quantitative estimate of drug-likeness (QED) is 0.747. The zero-order chi connectivity index (χ0) is 9.54. The fraction of sp³-hybridized carbons (Fsp3) is 0.500. The number of hydrogen-bond acceptors (Lipinski definition) is 1. The highest BCUT2D eigenvalue weighted by Crippen LogP contribution is 2.48. The molecular weight excluding hydrogens is 194 g/mol. The molecule has 3 unspecified atom stereocenters. The molecule has 3 rings (SSSR count). The van der Waals surface area contributed by atoms with Crippen molar-refractivity contribution in [2.75, 3.05) is 6.54 Å². The number of hydrogen-bond donors (Lipinski definition) is 1. The van der Waals surface area contributed by atoms with Gasteiger partial charge in [0.15, 0.2) is 0 Å². The first kappa shape index (κ1) is 8.75. The molecule has 1 saturated carbocycles. The van der Waals surface area contributed by atoms with Gasteiger partial charge in [0.2, 0.25) is 0 Å². The number of halogens is 1. The first-order chi connectivity index (χ1) is 6.84. The van der Waals surface area contributed by atoms with Crippen molar-refractivity contribution in [3.05, 3.63) is 34.9 Å². The molecule has 1 N–H and O–H groups in total. The Morgan fingerprint density at radius 2 is 2.00 bits per heavy atom. The van der Waals surface area contributed by atoms with Gasteiger partial charge in [-0.3, -0.25) is 0 Å². The summed E-state index contributed by atoms with van der Waals surface area (Å²) in [5.41, 5.74) is 1.28. The molecular formula is C12H14ClN. The van der Waals surface area contributed by atoms with Crippen molar-refractivity contribution in [3.8, 4) is 0 Å². The molecule has 2 aliphatic rings. The Kier molecular flexibility index (Phi) is 2.03. The van der Waals surface area contributed by atoms with Crippen LogP contribution in [0.15, 0.2) is 24.3 Å².